The van der Waals surface area contributed by atoms with Crippen LogP contribution >= 0.6 is 0 Å². The van der Waals surface area contributed by atoms with Gasteiger partial charge in [-0.25, -0.2) is 4.79 Å². The fourth-order valence-corrected chi connectivity index (χ4v) is 2.01. The number of carbonyl (C=O) groups excluding carboxylic acids is 1. The number of H-pyrrole nitrogens is 1. The largest absolute Gasteiger partial charge is 0.461 e. The zero-order valence-electron chi connectivity index (χ0n) is 11.9. The lowest BCUT2D eigenvalue weighted by Gasteiger charge is -1.97. The van der Waals surface area contributed by atoms with E-state index in [4.69, 9.17) is 4.74 Å². The second kappa shape index (κ2) is 6.91. The number of hydrogen-bond acceptors (Lipinski definition) is 3. The summed E-state index contributed by atoms with van der Waals surface area (Å²) >= 11 is 0. The molecule has 0 atom stereocenters. The van der Waals surface area contributed by atoms with E-state index in [1.54, 1.807) is 6.92 Å². The Hall–Kier alpha value is -2.07. The highest BCUT2D eigenvalue weighted by molar-refractivity contribution is 5.95. The number of ether oxygens (including phenoxy) is 1. The van der Waals surface area contributed by atoms with Crippen LogP contribution in [0.4, 0.5) is 0 Å². The number of aromatic amines is 1. The van der Waals surface area contributed by atoms with E-state index in [2.05, 4.69) is 22.5 Å². The van der Waals surface area contributed by atoms with Gasteiger partial charge in [0.15, 0.2) is 0 Å². The molecule has 0 bridgehead atoms. The zero-order chi connectivity index (χ0) is 14.4. The van der Waals surface area contributed by atoms with E-state index < -0.39 is 0 Å². The van der Waals surface area contributed by atoms with Crippen molar-refractivity contribution in [1.82, 2.24) is 10.3 Å². The minimum atomic E-state index is -0.310. The van der Waals surface area contributed by atoms with E-state index >= 15 is 0 Å². The molecule has 4 nitrogen and oxygen atoms in total. The number of benzene rings is 1. The molecule has 4 heteroatoms. The van der Waals surface area contributed by atoms with Crippen molar-refractivity contribution in [1.29, 1.82) is 0 Å². The molecule has 20 heavy (non-hydrogen) atoms. The highest BCUT2D eigenvalue weighted by atomic mass is 16.5. The van der Waals surface area contributed by atoms with Gasteiger partial charge in [-0.05, 0) is 44.6 Å². The van der Waals surface area contributed by atoms with E-state index in [0.717, 1.165) is 29.4 Å². The predicted molar refractivity (Wildman–Crippen MR) is 81.8 cm³/mol. The summed E-state index contributed by atoms with van der Waals surface area (Å²) in [7, 11) is 1.94. The molecule has 0 fully saturated rings. The van der Waals surface area contributed by atoms with Crippen LogP contribution in [0.2, 0.25) is 0 Å². The van der Waals surface area contributed by atoms with E-state index in [1.807, 2.05) is 31.3 Å². The Kier molecular flexibility index (Phi) is 4.96. The number of fused-ring (bicyclic) bond motifs is 1. The third-order valence-electron chi connectivity index (χ3n) is 3.01. The fraction of sp³-hybridized carbons (Fsp3) is 0.312. The first kappa shape index (κ1) is 14.3. The number of hydrogen-bond donors (Lipinski definition) is 2. The third-order valence-corrected chi connectivity index (χ3v) is 3.01. The van der Waals surface area contributed by atoms with Crippen LogP contribution in [-0.4, -0.2) is 31.2 Å². The normalized spacial score (nSPS) is 11.3. The molecule has 0 aliphatic carbocycles. The van der Waals surface area contributed by atoms with E-state index in [9.17, 15) is 4.79 Å². The van der Waals surface area contributed by atoms with Gasteiger partial charge in [-0.3, -0.25) is 0 Å². The minimum absolute atomic E-state index is 0.310. The van der Waals surface area contributed by atoms with Crippen LogP contribution in [0.5, 0.6) is 0 Å². The first-order chi connectivity index (χ1) is 9.74. The summed E-state index contributed by atoms with van der Waals surface area (Å²) in [5, 5.41) is 4.12. The van der Waals surface area contributed by atoms with E-state index in [0.29, 0.717) is 12.3 Å². The van der Waals surface area contributed by atoms with Crippen molar-refractivity contribution in [3.63, 3.8) is 0 Å². The Bertz CT molecular complexity index is 614. The van der Waals surface area contributed by atoms with Gasteiger partial charge in [-0.2, -0.15) is 0 Å². The number of nitrogens with one attached hydrogen (secondary N) is 2. The number of rotatable bonds is 6. The maximum atomic E-state index is 11.7. The molecular formula is C16H20N2O2. The van der Waals surface area contributed by atoms with Crippen LogP contribution in [0.15, 0.2) is 30.3 Å². The zero-order valence-corrected chi connectivity index (χ0v) is 11.9. The van der Waals surface area contributed by atoms with Crippen molar-refractivity contribution in [2.75, 3.05) is 20.2 Å². The van der Waals surface area contributed by atoms with Crippen LogP contribution in [-0.2, 0) is 4.74 Å². The Morgan fingerprint density at radius 3 is 3.00 bits per heavy atom. The Labute approximate surface area is 118 Å². The quantitative estimate of drug-likeness (QED) is 0.628. The molecule has 2 N–H and O–H groups in total. The Morgan fingerprint density at radius 1 is 1.40 bits per heavy atom. The van der Waals surface area contributed by atoms with Crippen LogP contribution < -0.4 is 5.32 Å². The van der Waals surface area contributed by atoms with Crippen molar-refractivity contribution in [2.45, 2.75) is 13.3 Å². The molecule has 0 aliphatic heterocycles. The monoisotopic (exact) mass is 272 g/mol. The average Bonchev–Trinajstić information content (AvgIpc) is 2.87. The summed E-state index contributed by atoms with van der Waals surface area (Å²) in [5.74, 6) is -0.310. The molecule has 0 unspecified atom stereocenters. The second-order valence-corrected chi connectivity index (χ2v) is 4.54. The van der Waals surface area contributed by atoms with Gasteiger partial charge < -0.3 is 15.0 Å². The Balaban J connectivity index is 2.17. The van der Waals surface area contributed by atoms with Gasteiger partial charge in [0.1, 0.15) is 5.69 Å². The molecule has 1 aromatic heterocycles. The first-order valence-electron chi connectivity index (χ1n) is 6.85. The molecule has 0 saturated carbocycles. The van der Waals surface area contributed by atoms with Crippen molar-refractivity contribution >= 4 is 22.9 Å². The summed E-state index contributed by atoms with van der Waals surface area (Å²) in [5.41, 5.74) is 2.56. The summed E-state index contributed by atoms with van der Waals surface area (Å²) < 4.78 is 4.99. The Morgan fingerprint density at radius 2 is 2.25 bits per heavy atom. The number of carbonyl (C=O) groups is 1. The average molecular weight is 272 g/mol. The summed E-state index contributed by atoms with van der Waals surface area (Å²) in [4.78, 5) is 14.8. The third kappa shape index (κ3) is 3.48. The molecule has 2 rings (SSSR count). The maximum absolute atomic E-state index is 11.7. The lowest BCUT2D eigenvalue weighted by atomic mass is 10.1. The lowest BCUT2D eigenvalue weighted by molar-refractivity contribution is 0.0520. The number of esters is 1. The first-order valence-corrected chi connectivity index (χ1v) is 6.85. The molecule has 1 aromatic carbocycles. The van der Waals surface area contributed by atoms with E-state index in [-0.39, 0.29) is 5.97 Å². The molecule has 0 radical (unpaired) electrons. The topological polar surface area (TPSA) is 54.1 Å². The van der Waals surface area contributed by atoms with Gasteiger partial charge in [-0.1, -0.05) is 24.3 Å². The highest BCUT2D eigenvalue weighted by Gasteiger charge is 2.09. The van der Waals surface area contributed by atoms with Gasteiger partial charge in [0.25, 0.3) is 0 Å². The van der Waals surface area contributed by atoms with Crippen LogP contribution in [0.1, 0.15) is 29.4 Å². The van der Waals surface area contributed by atoms with Gasteiger partial charge >= 0.3 is 5.97 Å². The highest BCUT2D eigenvalue weighted by Crippen LogP contribution is 2.18. The maximum Gasteiger partial charge on any atom is 0.354 e. The second-order valence-electron chi connectivity index (χ2n) is 4.54. The molecule has 106 valence electrons. The van der Waals surface area contributed by atoms with Crippen molar-refractivity contribution in [3.8, 4) is 0 Å². The molecule has 0 aliphatic rings. The van der Waals surface area contributed by atoms with Crippen LogP contribution in [0.3, 0.4) is 0 Å². The van der Waals surface area contributed by atoms with Gasteiger partial charge in [0.05, 0.1) is 6.61 Å². The lowest BCUT2D eigenvalue weighted by Crippen LogP contribution is -2.05. The number of aromatic nitrogens is 1. The predicted octanol–water partition coefficient (Wildman–Crippen LogP) is 2.97. The standard InChI is InChI=1S/C16H20N2O2/c1-3-20-16(19)15-11-13-8-7-12(10-14(13)18-15)6-4-5-9-17-2/h4,6-8,10-11,17-18H,3,5,9H2,1-2H3. The van der Waals surface area contributed by atoms with Gasteiger partial charge in [-0.15, -0.1) is 0 Å². The molecule has 1 heterocycles. The fourth-order valence-electron chi connectivity index (χ4n) is 2.01. The minimum Gasteiger partial charge on any atom is -0.461 e. The summed E-state index contributed by atoms with van der Waals surface area (Å²) in [6.07, 6.45) is 5.21. The molecular weight excluding hydrogens is 252 g/mol. The van der Waals surface area contributed by atoms with Crippen molar-refractivity contribution < 1.29 is 9.53 Å². The molecule has 0 amide bonds. The van der Waals surface area contributed by atoms with Crippen LogP contribution in [0, 0.1) is 0 Å². The smallest absolute Gasteiger partial charge is 0.354 e. The summed E-state index contributed by atoms with van der Waals surface area (Å²) in [6, 6.07) is 7.91. The van der Waals surface area contributed by atoms with Crippen molar-refractivity contribution in [3.05, 3.63) is 41.6 Å². The van der Waals surface area contributed by atoms with Crippen LogP contribution in [0.25, 0.3) is 17.0 Å². The van der Waals surface area contributed by atoms with Gasteiger partial charge in [0, 0.05) is 10.9 Å². The SMILES string of the molecule is CCOC(=O)c1cc2ccc(C=CCCNC)cc2[nH]1. The molecule has 0 spiro atoms. The van der Waals surface area contributed by atoms with Crippen molar-refractivity contribution in [2.24, 2.45) is 0 Å². The van der Waals surface area contributed by atoms with Gasteiger partial charge in [0.2, 0.25) is 0 Å². The summed E-state index contributed by atoms with van der Waals surface area (Å²) in [6.45, 7) is 3.15. The van der Waals surface area contributed by atoms with E-state index in [1.165, 1.54) is 0 Å². The molecule has 2 aromatic rings. The molecule has 0 saturated heterocycles.